The Morgan fingerprint density at radius 3 is 2.28 bits per heavy atom. The average Bonchev–Trinajstić information content (AvgIpc) is 2.30. The van der Waals surface area contributed by atoms with Crippen molar-refractivity contribution in [1.29, 1.82) is 0 Å². The summed E-state index contributed by atoms with van der Waals surface area (Å²) in [6, 6.07) is 1.34. The summed E-state index contributed by atoms with van der Waals surface area (Å²) in [6.45, 7) is 5.07. The van der Waals surface area contributed by atoms with Crippen LogP contribution in [0.15, 0.2) is 0 Å². The standard InChI is InChI=1S/C14H28N2.2ClH/c1-12-4-2-3-10-16(12)11-9-13-5-7-14(15)8-6-13;;/h12-14H,2-11,15H2,1H3;2*1H. The first-order valence-electron chi connectivity index (χ1n) is 7.25. The van der Waals surface area contributed by atoms with Gasteiger partial charge in [-0.15, -0.1) is 24.8 Å². The first kappa shape index (κ1) is 18.5. The van der Waals surface area contributed by atoms with Crippen LogP contribution in [0.2, 0.25) is 0 Å². The van der Waals surface area contributed by atoms with Gasteiger partial charge in [-0.25, -0.2) is 0 Å². The number of likely N-dealkylation sites (tertiary alicyclic amines) is 1. The van der Waals surface area contributed by atoms with Crippen LogP contribution in [0.1, 0.15) is 58.3 Å². The summed E-state index contributed by atoms with van der Waals surface area (Å²) in [7, 11) is 0. The Kier molecular flexibility index (Phi) is 9.67. The van der Waals surface area contributed by atoms with E-state index in [-0.39, 0.29) is 24.8 Å². The second-order valence-corrected chi connectivity index (χ2v) is 5.95. The van der Waals surface area contributed by atoms with Crippen LogP contribution in [0.3, 0.4) is 0 Å². The van der Waals surface area contributed by atoms with Gasteiger partial charge in [0, 0.05) is 12.1 Å². The first-order valence-corrected chi connectivity index (χ1v) is 7.25. The Hall–Kier alpha value is 0.500. The minimum atomic E-state index is 0. The second kappa shape index (κ2) is 9.41. The Labute approximate surface area is 125 Å². The maximum absolute atomic E-state index is 5.95. The molecule has 4 heteroatoms. The molecule has 2 N–H and O–H groups in total. The van der Waals surface area contributed by atoms with Crippen LogP contribution in [0.5, 0.6) is 0 Å². The maximum atomic E-state index is 5.95. The zero-order valence-corrected chi connectivity index (χ0v) is 13.3. The molecule has 18 heavy (non-hydrogen) atoms. The Morgan fingerprint density at radius 1 is 1.00 bits per heavy atom. The summed E-state index contributed by atoms with van der Waals surface area (Å²) >= 11 is 0. The number of halogens is 2. The van der Waals surface area contributed by atoms with E-state index in [0.717, 1.165) is 12.0 Å². The third kappa shape index (κ3) is 5.64. The molecule has 0 bridgehead atoms. The summed E-state index contributed by atoms with van der Waals surface area (Å²) in [5.41, 5.74) is 5.95. The molecule has 1 atom stereocenters. The molecule has 2 aliphatic rings. The predicted molar refractivity (Wildman–Crippen MR) is 83.9 cm³/mol. The van der Waals surface area contributed by atoms with Crippen molar-refractivity contribution < 1.29 is 0 Å². The van der Waals surface area contributed by atoms with E-state index in [2.05, 4.69) is 11.8 Å². The molecule has 1 aliphatic heterocycles. The normalized spacial score (nSPS) is 33.3. The molecule has 1 saturated heterocycles. The van der Waals surface area contributed by atoms with Crippen molar-refractivity contribution >= 4 is 24.8 Å². The fraction of sp³-hybridized carbons (Fsp3) is 1.00. The number of hydrogen-bond donors (Lipinski definition) is 1. The van der Waals surface area contributed by atoms with E-state index >= 15 is 0 Å². The summed E-state index contributed by atoms with van der Waals surface area (Å²) in [6.07, 6.45) is 11.0. The second-order valence-electron chi connectivity index (χ2n) is 5.95. The maximum Gasteiger partial charge on any atom is 0.00669 e. The lowest BCUT2D eigenvalue weighted by Gasteiger charge is -2.35. The zero-order valence-electron chi connectivity index (χ0n) is 11.6. The van der Waals surface area contributed by atoms with Crippen LogP contribution in [0.4, 0.5) is 0 Å². The van der Waals surface area contributed by atoms with Crippen molar-refractivity contribution in [3.63, 3.8) is 0 Å². The minimum Gasteiger partial charge on any atom is -0.328 e. The molecular weight excluding hydrogens is 267 g/mol. The van der Waals surface area contributed by atoms with Gasteiger partial charge in [-0.1, -0.05) is 6.42 Å². The molecule has 1 heterocycles. The van der Waals surface area contributed by atoms with Crippen LogP contribution in [0.25, 0.3) is 0 Å². The van der Waals surface area contributed by atoms with E-state index in [9.17, 15) is 0 Å². The molecule has 2 rings (SSSR count). The minimum absolute atomic E-state index is 0. The lowest BCUT2D eigenvalue weighted by molar-refractivity contribution is 0.143. The highest BCUT2D eigenvalue weighted by Gasteiger charge is 2.22. The number of rotatable bonds is 3. The summed E-state index contributed by atoms with van der Waals surface area (Å²) < 4.78 is 0. The summed E-state index contributed by atoms with van der Waals surface area (Å²) in [4.78, 5) is 2.71. The van der Waals surface area contributed by atoms with E-state index in [0.29, 0.717) is 6.04 Å². The van der Waals surface area contributed by atoms with Crippen molar-refractivity contribution in [1.82, 2.24) is 4.90 Å². The van der Waals surface area contributed by atoms with E-state index in [1.54, 1.807) is 0 Å². The number of nitrogens with zero attached hydrogens (tertiary/aromatic N) is 1. The van der Waals surface area contributed by atoms with Gasteiger partial charge in [0.05, 0.1) is 0 Å². The summed E-state index contributed by atoms with van der Waals surface area (Å²) in [5, 5.41) is 0. The van der Waals surface area contributed by atoms with E-state index in [4.69, 9.17) is 5.73 Å². The number of piperidine rings is 1. The fourth-order valence-corrected chi connectivity index (χ4v) is 3.32. The summed E-state index contributed by atoms with van der Waals surface area (Å²) in [5.74, 6) is 0.967. The Balaban J connectivity index is 0.00000144. The SMILES string of the molecule is CC1CCCCN1CCC1CCC(N)CC1.Cl.Cl. The highest BCUT2D eigenvalue weighted by atomic mass is 35.5. The topological polar surface area (TPSA) is 29.3 Å². The van der Waals surface area contributed by atoms with Crippen LogP contribution in [-0.2, 0) is 0 Å². The van der Waals surface area contributed by atoms with Gasteiger partial charge in [0.25, 0.3) is 0 Å². The van der Waals surface area contributed by atoms with Crippen molar-refractivity contribution in [2.45, 2.75) is 70.4 Å². The average molecular weight is 297 g/mol. The lowest BCUT2D eigenvalue weighted by Crippen LogP contribution is -2.39. The van der Waals surface area contributed by atoms with E-state index in [1.807, 2.05) is 0 Å². The van der Waals surface area contributed by atoms with Crippen LogP contribution in [-0.4, -0.2) is 30.1 Å². The molecule has 2 fully saturated rings. The van der Waals surface area contributed by atoms with Gasteiger partial charge >= 0.3 is 0 Å². The van der Waals surface area contributed by atoms with Crippen molar-refractivity contribution in [2.24, 2.45) is 11.7 Å². The molecule has 0 amide bonds. The lowest BCUT2D eigenvalue weighted by atomic mass is 9.84. The van der Waals surface area contributed by atoms with E-state index < -0.39 is 0 Å². The monoisotopic (exact) mass is 296 g/mol. The molecule has 1 aliphatic carbocycles. The molecule has 0 aromatic rings. The first-order chi connectivity index (χ1) is 7.75. The third-order valence-electron chi connectivity index (χ3n) is 4.66. The van der Waals surface area contributed by atoms with Crippen LogP contribution < -0.4 is 5.73 Å². The van der Waals surface area contributed by atoms with Crippen molar-refractivity contribution in [3.05, 3.63) is 0 Å². The van der Waals surface area contributed by atoms with E-state index in [1.165, 1.54) is 64.5 Å². The largest absolute Gasteiger partial charge is 0.328 e. The van der Waals surface area contributed by atoms with Gasteiger partial charge in [0.1, 0.15) is 0 Å². The molecule has 110 valence electrons. The van der Waals surface area contributed by atoms with Gasteiger partial charge in [-0.2, -0.15) is 0 Å². The zero-order chi connectivity index (χ0) is 11.4. The number of hydrogen-bond acceptors (Lipinski definition) is 2. The van der Waals surface area contributed by atoms with Gasteiger partial charge in [0.2, 0.25) is 0 Å². The van der Waals surface area contributed by atoms with Gasteiger partial charge in [0.15, 0.2) is 0 Å². The third-order valence-corrected chi connectivity index (χ3v) is 4.66. The molecule has 1 unspecified atom stereocenters. The molecule has 2 nitrogen and oxygen atoms in total. The highest BCUT2D eigenvalue weighted by molar-refractivity contribution is 5.85. The fourth-order valence-electron chi connectivity index (χ4n) is 3.32. The van der Waals surface area contributed by atoms with Gasteiger partial charge < -0.3 is 10.6 Å². The molecule has 0 aromatic heterocycles. The van der Waals surface area contributed by atoms with Gasteiger partial charge in [-0.3, -0.25) is 0 Å². The molecule has 1 saturated carbocycles. The van der Waals surface area contributed by atoms with Crippen LogP contribution >= 0.6 is 24.8 Å². The Morgan fingerprint density at radius 2 is 1.67 bits per heavy atom. The number of nitrogens with two attached hydrogens (primary N) is 1. The highest BCUT2D eigenvalue weighted by Crippen LogP contribution is 2.27. The van der Waals surface area contributed by atoms with Crippen molar-refractivity contribution in [2.75, 3.05) is 13.1 Å². The smallest absolute Gasteiger partial charge is 0.00669 e. The molecule has 0 spiro atoms. The van der Waals surface area contributed by atoms with Crippen molar-refractivity contribution in [3.8, 4) is 0 Å². The molecule has 0 aromatic carbocycles. The molecule has 0 radical (unpaired) electrons. The Bertz CT molecular complexity index is 206. The van der Waals surface area contributed by atoms with Gasteiger partial charge in [-0.05, 0) is 70.9 Å². The predicted octanol–water partition coefficient (Wildman–Crippen LogP) is 3.61. The molecular formula is C14H30Cl2N2. The van der Waals surface area contributed by atoms with Crippen LogP contribution in [0, 0.1) is 5.92 Å². The quantitative estimate of drug-likeness (QED) is 0.862.